The lowest BCUT2D eigenvalue weighted by Crippen LogP contribution is -2.21. The zero-order valence-electron chi connectivity index (χ0n) is 9.71. The standard InChI is InChI=1S/C13H12BrClFNS/c1-2-17-13(11-5-6-12(14)18-11)8-3-4-9(15)10(16)7-8/h3-7,13,17H,2H2,1H3. The Bertz CT molecular complexity index is 544. The first kappa shape index (κ1) is 14.0. The van der Waals surface area contributed by atoms with Gasteiger partial charge in [0.15, 0.2) is 0 Å². The fourth-order valence-corrected chi connectivity index (χ4v) is 3.41. The lowest BCUT2D eigenvalue weighted by Gasteiger charge is -2.17. The van der Waals surface area contributed by atoms with Crippen molar-refractivity contribution in [1.82, 2.24) is 5.32 Å². The van der Waals surface area contributed by atoms with Crippen LogP contribution in [0.3, 0.4) is 0 Å². The first-order valence-corrected chi connectivity index (χ1v) is 7.54. The number of nitrogens with one attached hydrogen (secondary N) is 1. The maximum Gasteiger partial charge on any atom is 0.142 e. The molecule has 0 bridgehead atoms. The van der Waals surface area contributed by atoms with E-state index in [-0.39, 0.29) is 16.9 Å². The molecule has 0 radical (unpaired) electrons. The van der Waals surface area contributed by atoms with Crippen LogP contribution in [0, 0.1) is 5.82 Å². The van der Waals surface area contributed by atoms with Crippen molar-refractivity contribution in [2.24, 2.45) is 0 Å². The van der Waals surface area contributed by atoms with Crippen LogP contribution in [-0.4, -0.2) is 6.54 Å². The predicted octanol–water partition coefficient (Wildman–Crippen LogP) is 5.00. The second-order valence-corrected chi connectivity index (χ2v) is 6.71. The monoisotopic (exact) mass is 347 g/mol. The fourth-order valence-electron chi connectivity index (χ4n) is 1.76. The Hall–Kier alpha value is -0.420. The summed E-state index contributed by atoms with van der Waals surface area (Å²) in [5.41, 5.74) is 0.883. The molecule has 1 atom stereocenters. The smallest absolute Gasteiger partial charge is 0.142 e. The van der Waals surface area contributed by atoms with Gasteiger partial charge >= 0.3 is 0 Å². The molecule has 5 heteroatoms. The fraction of sp³-hybridized carbons (Fsp3) is 0.231. The van der Waals surface area contributed by atoms with Crippen LogP contribution in [0.1, 0.15) is 23.4 Å². The van der Waals surface area contributed by atoms with E-state index in [0.717, 1.165) is 20.8 Å². The molecule has 1 aromatic carbocycles. The van der Waals surface area contributed by atoms with E-state index in [1.165, 1.54) is 6.07 Å². The van der Waals surface area contributed by atoms with Gasteiger partial charge < -0.3 is 5.32 Å². The van der Waals surface area contributed by atoms with Crippen LogP contribution in [0.15, 0.2) is 34.1 Å². The average Bonchev–Trinajstić information content (AvgIpc) is 2.76. The van der Waals surface area contributed by atoms with Gasteiger partial charge in [0.1, 0.15) is 5.82 Å². The maximum absolute atomic E-state index is 13.5. The Morgan fingerprint density at radius 1 is 1.39 bits per heavy atom. The highest BCUT2D eigenvalue weighted by atomic mass is 79.9. The van der Waals surface area contributed by atoms with Gasteiger partial charge in [0.25, 0.3) is 0 Å². The zero-order chi connectivity index (χ0) is 13.1. The molecule has 0 amide bonds. The summed E-state index contributed by atoms with van der Waals surface area (Å²) in [6.45, 7) is 2.84. The summed E-state index contributed by atoms with van der Waals surface area (Å²) >= 11 is 10.8. The van der Waals surface area contributed by atoms with Crippen LogP contribution in [0.2, 0.25) is 5.02 Å². The predicted molar refractivity (Wildman–Crippen MR) is 78.9 cm³/mol. The molecule has 0 saturated heterocycles. The van der Waals surface area contributed by atoms with Crippen LogP contribution in [-0.2, 0) is 0 Å². The Morgan fingerprint density at radius 3 is 2.72 bits per heavy atom. The molecule has 2 aromatic rings. The zero-order valence-corrected chi connectivity index (χ0v) is 12.9. The molecule has 0 aliphatic heterocycles. The number of halogens is 3. The van der Waals surface area contributed by atoms with Crippen LogP contribution in [0.25, 0.3) is 0 Å². The van der Waals surface area contributed by atoms with Gasteiger partial charge in [-0.1, -0.05) is 24.6 Å². The van der Waals surface area contributed by atoms with Crippen molar-refractivity contribution in [3.05, 3.63) is 55.4 Å². The molecular formula is C13H12BrClFNS. The molecule has 1 unspecified atom stereocenters. The van der Waals surface area contributed by atoms with Gasteiger partial charge in [0, 0.05) is 4.88 Å². The van der Waals surface area contributed by atoms with Gasteiger partial charge in [-0.15, -0.1) is 11.3 Å². The Labute approximate surface area is 123 Å². The molecule has 1 heterocycles. The minimum Gasteiger partial charge on any atom is -0.306 e. The molecule has 0 spiro atoms. The van der Waals surface area contributed by atoms with Crippen LogP contribution < -0.4 is 5.32 Å². The highest BCUT2D eigenvalue weighted by Gasteiger charge is 2.16. The number of hydrogen-bond acceptors (Lipinski definition) is 2. The first-order chi connectivity index (χ1) is 8.61. The summed E-state index contributed by atoms with van der Waals surface area (Å²) in [6, 6.07) is 8.97. The van der Waals surface area contributed by atoms with Crippen molar-refractivity contribution in [3.63, 3.8) is 0 Å². The van der Waals surface area contributed by atoms with E-state index in [9.17, 15) is 4.39 Å². The van der Waals surface area contributed by atoms with E-state index in [1.54, 1.807) is 17.4 Å². The maximum atomic E-state index is 13.5. The Balaban J connectivity index is 2.37. The third-order valence-electron chi connectivity index (χ3n) is 2.56. The molecule has 2 rings (SSSR count). The van der Waals surface area contributed by atoms with Gasteiger partial charge in [-0.2, -0.15) is 0 Å². The molecule has 0 fully saturated rings. The molecule has 1 aromatic heterocycles. The lowest BCUT2D eigenvalue weighted by molar-refractivity contribution is 0.607. The second kappa shape index (κ2) is 6.15. The highest BCUT2D eigenvalue weighted by Crippen LogP contribution is 2.32. The largest absolute Gasteiger partial charge is 0.306 e. The van der Waals surface area contributed by atoms with E-state index in [4.69, 9.17) is 11.6 Å². The summed E-state index contributed by atoms with van der Waals surface area (Å²) < 4.78 is 14.6. The first-order valence-electron chi connectivity index (χ1n) is 5.55. The number of thiophene rings is 1. The molecular weight excluding hydrogens is 337 g/mol. The average molecular weight is 349 g/mol. The van der Waals surface area contributed by atoms with E-state index >= 15 is 0 Å². The number of benzene rings is 1. The van der Waals surface area contributed by atoms with Crippen molar-refractivity contribution in [2.75, 3.05) is 6.54 Å². The second-order valence-electron chi connectivity index (χ2n) is 3.81. The summed E-state index contributed by atoms with van der Waals surface area (Å²) in [4.78, 5) is 1.14. The number of rotatable bonds is 4. The van der Waals surface area contributed by atoms with Gasteiger partial charge in [0.05, 0.1) is 14.9 Å². The summed E-state index contributed by atoms with van der Waals surface area (Å²) in [7, 11) is 0. The van der Waals surface area contributed by atoms with Crippen molar-refractivity contribution in [2.45, 2.75) is 13.0 Å². The van der Waals surface area contributed by atoms with Gasteiger partial charge in [-0.3, -0.25) is 0 Å². The molecule has 1 N–H and O–H groups in total. The van der Waals surface area contributed by atoms with Crippen LogP contribution in [0.4, 0.5) is 4.39 Å². The topological polar surface area (TPSA) is 12.0 Å². The summed E-state index contributed by atoms with van der Waals surface area (Å²) in [6.07, 6.45) is 0. The minimum absolute atomic E-state index is 0.00179. The minimum atomic E-state index is -0.382. The van der Waals surface area contributed by atoms with Crippen LogP contribution in [0.5, 0.6) is 0 Å². The lowest BCUT2D eigenvalue weighted by atomic mass is 10.1. The SMILES string of the molecule is CCNC(c1ccc(Cl)c(F)c1)c1ccc(Br)s1. The van der Waals surface area contributed by atoms with Gasteiger partial charge in [-0.05, 0) is 52.3 Å². The molecule has 1 nitrogen and oxygen atoms in total. The summed E-state index contributed by atoms with van der Waals surface area (Å²) in [5, 5.41) is 3.51. The Morgan fingerprint density at radius 2 is 2.17 bits per heavy atom. The summed E-state index contributed by atoms with van der Waals surface area (Å²) in [5.74, 6) is -0.382. The van der Waals surface area contributed by atoms with Gasteiger partial charge in [-0.25, -0.2) is 4.39 Å². The van der Waals surface area contributed by atoms with Crippen molar-refractivity contribution in [1.29, 1.82) is 0 Å². The number of hydrogen-bond donors (Lipinski definition) is 1. The molecule has 0 aliphatic rings. The van der Waals surface area contributed by atoms with Gasteiger partial charge in [0.2, 0.25) is 0 Å². The van der Waals surface area contributed by atoms with E-state index < -0.39 is 0 Å². The molecule has 18 heavy (non-hydrogen) atoms. The Kier molecular flexibility index (Phi) is 4.78. The highest BCUT2D eigenvalue weighted by molar-refractivity contribution is 9.11. The molecule has 96 valence electrons. The van der Waals surface area contributed by atoms with E-state index in [0.29, 0.717) is 0 Å². The normalized spacial score (nSPS) is 12.7. The third-order valence-corrected chi connectivity index (χ3v) is 4.56. The quantitative estimate of drug-likeness (QED) is 0.819. The van der Waals surface area contributed by atoms with Crippen molar-refractivity contribution < 1.29 is 4.39 Å². The molecule has 0 saturated carbocycles. The van der Waals surface area contributed by atoms with E-state index in [2.05, 4.69) is 21.2 Å². The third kappa shape index (κ3) is 3.12. The molecule has 0 aliphatic carbocycles. The van der Waals surface area contributed by atoms with Crippen molar-refractivity contribution >= 4 is 38.9 Å². The van der Waals surface area contributed by atoms with Crippen molar-refractivity contribution in [3.8, 4) is 0 Å². The van der Waals surface area contributed by atoms with Crippen LogP contribution >= 0.6 is 38.9 Å². The van der Waals surface area contributed by atoms with E-state index in [1.807, 2.05) is 25.1 Å².